The zero-order chi connectivity index (χ0) is 16.5. The summed E-state index contributed by atoms with van der Waals surface area (Å²) in [5, 5.41) is 22.0. The Morgan fingerprint density at radius 3 is 2.46 bits per heavy atom. The Bertz CT molecular complexity index is 673. The predicted octanol–water partition coefficient (Wildman–Crippen LogP) is 0.161. The summed E-state index contributed by atoms with van der Waals surface area (Å²) in [5.74, 6) is 1.61. The van der Waals surface area contributed by atoms with Gasteiger partial charge in [0, 0.05) is 17.9 Å². The molecule has 1 saturated heterocycles. The third-order valence-electron chi connectivity index (χ3n) is 7.85. The van der Waals surface area contributed by atoms with Crippen LogP contribution in [0.15, 0.2) is 4.99 Å². The van der Waals surface area contributed by atoms with Gasteiger partial charge in [-0.25, -0.2) is 0 Å². The van der Waals surface area contributed by atoms with E-state index in [0.29, 0.717) is 43.0 Å². The van der Waals surface area contributed by atoms with Crippen LogP contribution in [0.4, 0.5) is 0 Å². The maximum Gasteiger partial charge on any atom is 0.248 e. The number of aliphatic hydroxyl groups is 2. The van der Waals surface area contributed by atoms with Crippen LogP contribution in [0.3, 0.4) is 0 Å². The second kappa shape index (κ2) is 3.83. The van der Waals surface area contributed by atoms with E-state index in [1.807, 2.05) is 4.90 Å². The van der Waals surface area contributed by atoms with Crippen molar-refractivity contribution >= 4 is 11.7 Å². The topological polar surface area (TPSA) is 99.1 Å². The van der Waals surface area contributed by atoms with Crippen molar-refractivity contribution in [1.29, 1.82) is 0 Å². The van der Waals surface area contributed by atoms with E-state index in [0.717, 1.165) is 32.1 Å². The molecule has 2 aliphatic heterocycles. The zero-order valence-corrected chi connectivity index (χ0v) is 13.8. The lowest BCUT2D eigenvalue weighted by Gasteiger charge is -2.64. The summed E-state index contributed by atoms with van der Waals surface area (Å²) in [5.41, 5.74) is 4.20. The fourth-order valence-electron chi connectivity index (χ4n) is 7.58. The van der Waals surface area contributed by atoms with Crippen LogP contribution in [0.1, 0.15) is 51.4 Å². The van der Waals surface area contributed by atoms with Crippen molar-refractivity contribution in [2.45, 2.75) is 80.7 Å². The number of amidine groups is 1. The fourth-order valence-corrected chi connectivity index (χ4v) is 7.58. The highest BCUT2D eigenvalue weighted by Gasteiger charge is 2.68. The minimum absolute atomic E-state index is 0.00224. The molecule has 0 radical (unpaired) electrons. The maximum atomic E-state index is 13.3. The highest BCUT2D eigenvalue weighted by molar-refractivity contribution is 5.99. The molecular weight excluding hydrogens is 306 g/mol. The molecule has 4 bridgehead atoms. The summed E-state index contributed by atoms with van der Waals surface area (Å²) < 4.78 is 0. The molecule has 2 unspecified atom stereocenters. The van der Waals surface area contributed by atoms with Gasteiger partial charge in [0.15, 0.2) is 0 Å². The van der Waals surface area contributed by atoms with E-state index < -0.39 is 22.7 Å². The van der Waals surface area contributed by atoms with Crippen LogP contribution in [-0.4, -0.2) is 56.2 Å². The van der Waals surface area contributed by atoms with Crippen molar-refractivity contribution in [3.63, 3.8) is 0 Å². The van der Waals surface area contributed by atoms with Gasteiger partial charge in [0.1, 0.15) is 11.9 Å². The van der Waals surface area contributed by atoms with Crippen molar-refractivity contribution in [2.75, 3.05) is 0 Å². The molecule has 5 aliphatic carbocycles. The number of carbonyl (C=O) groups excluding carboxylic acids is 1. The minimum Gasteiger partial charge on any atom is -0.390 e. The molecule has 6 fully saturated rings. The summed E-state index contributed by atoms with van der Waals surface area (Å²) in [4.78, 5) is 20.0. The summed E-state index contributed by atoms with van der Waals surface area (Å²) in [7, 11) is 0. The van der Waals surface area contributed by atoms with Gasteiger partial charge in [0.05, 0.1) is 17.2 Å². The van der Waals surface area contributed by atoms with Gasteiger partial charge in [-0.3, -0.25) is 9.79 Å². The summed E-state index contributed by atoms with van der Waals surface area (Å²) in [6, 6.07) is -0.147. The van der Waals surface area contributed by atoms with E-state index in [1.165, 1.54) is 0 Å². The SMILES string of the molecule is NC1=N[C@@H](C23CC4CC(O)(CC(O)(C4)C2)C3)C(=O)N2[C@@H]1C[C@@H]1C[C@@H]12. The lowest BCUT2D eigenvalue weighted by molar-refractivity contribution is -0.234. The van der Waals surface area contributed by atoms with E-state index in [-0.39, 0.29) is 11.9 Å². The lowest BCUT2D eigenvalue weighted by Crippen LogP contribution is -2.68. The predicted molar refractivity (Wildman–Crippen MR) is 86.1 cm³/mol. The summed E-state index contributed by atoms with van der Waals surface area (Å²) in [6.07, 6.45) is 6.08. The van der Waals surface area contributed by atoms with Crippen molar-refractivity contribution in [1.82, 2.24) is 4.90 Å². The molecule has 1 amide bonds. The first kappa shape index (κ1) is 14.1. The Morgan fingerprint density at radius 2 is 1.79 bits per heavy atom. The number of fused-ring (bicyclic) bond motifs is 3. The number of hydrogen-bond donors (Lipinski definition) is 3. The number of rotatable bonds is 1. The Labute approximate surface area is 141 Å². The Hall–Kier alpha value is -1.14. The molecule has 0 aromatic heterocycles. The normalized spacial score (nSPS) is 60.1. The maximum absolute atomic E-state index is 13.3. The number of nitrogens with zero attached hydrogens (tertiary/aromatic N) is 2. The molecule has 7 aliphatic rings. The Balaban J connectivity index is 1.43. The average Bonchev–Trinajstić information content (AvgIpc) is 3.09. The third-order valence-corrected chi connectivity index (χ3v) is 7.85. The Morgan fingerprint density at radius 1 is 1.08 bits per heavy atom. The first-order chi connectivity index (χ1) is 11.3. The van der Waals surface area contributed by atoms with E-state index in [1.54, 1.807) is 0 Å². The van der Waals surface area contributed by atoms with Crippen LogP contribution in [0.2, 0.25) is 0 Å². The molecule has 0 aromatic carbocycles. The molecule has 6 heteroatoms. The minimum atomic E-state index is -0.831. The molecule has 130 valence electrons. The molecular formula is C18H25N3O3. The molecule has 0 aromatic rings. The van der Waals surface area contributed by atoms with Crippen LogP contribution in [0.25, 0.3) is 0 Å². The van der Waals surface area contributed by atoms with Crippen molar-refractivity contribution in [2.24, 2.45) is 28.0 Å². The summed E-state index contributed by atoms with van der Waals surface area (Å²) >= 11 is 0. The lowest BCUT2D eigenvalue weighted by atomic mass is 9.44. The van der Waals surface area contributed by atoms with Gasteiger partial charge in [0.25, 0.3) is 0 Å². The first-order valence-corrected chi connectivity index (χ1v) is 9.40. The molecule has 2 heterocycles. The second-order valence-corrected chi connectivity index (χ2v) is 9.84. The van der Waals surface area contributed by atoms with Gasteiger partial charge in [-0.15, -0.1) is 0 Å². The highest BCUT2D eigenvalue weighted by Crippen LogP contribution is 2.65. The smallest absolute Gasteiger partial charge is 0.248 e. The van der Waals surface area contributed by atoms with E-state index in [4.69, 9.17) is 10.7 Å². The molecule has 7 rings (SSSR count). The highest BCUT2D eigenvalue weighted by atomic mass is 16.3. The van der Waals surface area contributed by atoms with Crippen molar-refractivity contribution in [3.8, 4) is 0 Å². The van der Waals surface area contributed by atoms with Crippen molar-refractivity contribution in [3.05, 3.63) is 0 Å². The molecule has 4 N–H and O–H groups in total. The number of amides is 1. The van der Waals surface area contributed by atoms with Crippen LogP contribution in [0.5, 0.6) is 0 Å². The van der Waals surface area contributed by atoms with Crippen molar-refractivity contribution < 1.29 is 15.0 Å². The van der Waals surface area contributed by atoms with Gasteiger partial charge >= 0.3 is 0 Å². The van der Waals surface area contributed by atoms with Gasteiger partial charge in [0.2, 0.25) is 5.91 Å². The van der Waals surface area contributed by atoms with E-state index >= 15 is 0 Å². The van der Waals surface area contributed by atoms with Gasteiger partial charge in [-0.2, -0.15) is 0 Å². The first-order valence-electron chi connectivity index (χ1n) is 9.40. The molecule has 6 atom stereocenters. The monoisotopic (exact) mass is 331 g/mol. The Kier molecular flexibility index (Phi) is 2.24. The number of carbonyl (C=O) groups is 1. The van der Waals surface area contributed by atoms with Crippen LogP contribution < -0.4 is 5.73 Å². The number of hydrogen-bond acceptors (Lipinski definition) is 5. The van der Waals surface area contributed by atoms with Gasteiger partial charge in [-0.05, 0) is 56.8 Å². The largest absolute Gasteiger partial charge is 0.390 e. The van der Waals surface area contributed by atoms with Gasteiger partial charge in [-0.1, -0.05) is 0 Å². The number of piperidine rings is 1. The van der Waals surface area contributed by atoms with Crippen LogP contribution in [0, 0.1) is 17.3 Å². The molecule has 24 heavy (non-hydrogen) atoms. The second-order valence-electron chi connectivity index (χ2n) is 9.84. The van der Waals surface area contributed by atoms with E-state index in [2.05, 4.69) is 0 Å². The summed E-state index contributed by atoms with van der Waals surface area (Å²) in [6.45, 7) is 0. The van der Waals surface area contributed by atoms with Gasteiger partial charge < -0.3 is 20.8 Å². The molecule has 0 spiro atoms. The van der Waals surface area contributed by atoms with E-state index in [9.17, 15) is 15.0 Å². The average molecular weight is 331 g/mol. The fraction of sp³-hybridized carbons (Fsp3) is 0.889. The number of aliphatic imine (C=N–C) groups is 1. The molecule has 6 nitrogen and oxygen atoms in total. The number of nitrogens with two attached hydrogens (primary N) is 1. The quantitative estimate of drug-likeness (QED) is 0.637. The molecule has 5 saturated carbocycles. The zero-order valence-electron chi connectivity index (χ0n) is 13.8. The van der Waals surface area contributed by atoms with Crippen LogP contribution in [-0.2, 0) is 4.79 Å². The third kappa shape index (κ3) is 1.59. The standard InChI is InChI=1S/C18H25N3O3/c19-14-12-2-10-1-11(10)21(12)15(22)13(20-14)16-3-9-4-17(23,6-16)8-18(24,5-9)7-16/h9-13,23-24H,1-8H2,(H2,19,20)/t9?,10-,11-,12+,13+,16?,17?,18?/m0/s1. The van der Waals surface area contributed by atoms with Crippen LogP contribution >= 0.6 is 0 Å².